The molecule has 4 rings (SSSR count). The van der Waals surface area contributed by atoms with Crippen LogP contribution in [0.4, 0.5) is 5.69 Å². The molecule has 1 atom stereocenters. The van der Waals surface area contributed by atoms with Crippen LogP contribution in [0.5, 0.6) is 0 Å². The predicted molar refractivity (Wildman–Crippen MR) is 122 cm³/mol. The van der Waals surface area contributed by atoms with Crippen molar-refractivity contribution < 1.29 is 9.59 Å². The lowest BCUT2D eigenvalue weighted by atomic mass is 9.94. The van der Waals surface area contributed by atoms with Gasteiger partial charge in [-0.25, -0.2) is 0 Å². The van der Waals surface area contributed by atoms with Crippen molar-refractivity contribution in [3.05, 3.63) is 77.9 Å². The molecule has 2 aromatic carbocycles. The Balaban J connectivity index is 1.67. The average Bonchev–Trinajstić information content (AvgIpc) is 3.64. The van der Waals surface area contributed by atoms with E-state index in [1.807, 2.05) is 44.2 Å². The number of carbonyl (C=O) groups is 2. The highest BCUT2D eigenvalue weighted by atomic mass is 16.2. The van der Waals surface area contributed by atoms with Gasteiger partial charge in [0, 0.05) is 55.1 Å². The van der Waals surface area contributed by atoms with Crippen molar-refractivity contribution in [2.45, 2.75) is 39.0 Å². The number of benzene rings is 2. The number of aromatic nitrogens is 2. The van der Waals surface area contributed by atoms with E-state index in [-0.39, 0.29) is 23.5 Å². The van der Waals surface area contributed by atoms with Gasteiger partial charge in [-0.3, -0.25) is 19.6 Å². The van der Waals surface area contributed by atoms with Gasteiger partial charge in [0.15, 0.2) is 5.78 Å². The second kappa shape index (κ2) is 8.80. The SMILES string of the molecule is Cc1ccc(-c2cc(C(=O)CC(C)c3cnccn3)cc(N(C)C(=O)C3CC3)c2)cc1. The van der Waals surface area contributed by atoms with Gasteiger partial charge < -0.3 is 4.90 Å². The molecule has 1 amide bonds. The van der Waals surface area contributed by atoms with E-state index in [1.54, 1.807) is 30.5 Å². The summed E-state index contributed by atoms with van der Waals surface area (Å²) >= 11 is 0. The predicted octanol–water partition coefficient (Wildman–Crippen LogP) is 5.20. The summed E-state index contributed by atoms with van der Waals surface area (Å²) in [6, 6.07) is 14.0. The van der Waals surface area contributed by atoms with Gasteiger partial charge in [0.2, 0.25) is 5.91 Å². The molecule has 31 heavy (non-hydrogen) atoms. The fraction of sp³-hybridized carbons (Fsp3) is 0.308. The average molecular weight is 414 g/mol. The number of hydrogen-bond acceptors (Lipinski definition) is 4. The molecule has 0 bridgehead atoms. The molecule has 1 fully saturated rings. The maximum atomic E-state index is 13.2. The van der Waals surface area contributed by atoms with Crippen LogP contribution in [0.1, 0.15) is 53.7 Å². The Hall–Kier alpha value is -3.34. The highest BCUT2D eigenvalue weighted by Gasteiger charge is 2.32. The molecule has 1 aromatic heterocycles. The Kier molecular flexibility index (Phi) is 5.94. The van der Waals surface area contributed by atoms with Crippen LogP contribution in [0.15, 0.2) is 61.1 Å². The van der Waals surface area contributed by atoms with Crippen LogP contribution < -0.4 is 4.90 Å². The molecule has 0 spiro atoms. The normalized spacial score (nSPS) is 14.2. The number of nitrogens with zero attached hydrogens (tertiary/aromatic N) is 3. The van der Waals surface area contributed by atoms with E-state index in [4.69, 9.17) is 0 Å². The number of carbonyl (C=O) groups excluding carboxylic acids is 2. The first-order valence-corrected chi connectivity index (χ1v) is 10.7. The van der Waals surface area contributed by atoms with Crippen molar-refractivity contribution in [2.24, 2.45) is 5.92 Å². The summed E-state index contributed by atoms with van der Waals surface area (Å²) < 4.78 is 0. The number of amides is 1. The molecule has 3 aromatic rings. The molecule has 0 radical (unpaired) electrons. The van der Waals surface area contributed by atoms with E-state index in [0.29, 0.717) is 12.0 Å². The van der Waals surface area contributed by atoms with E-state index in [0.717, 1.165) is 35.3 Å². The monoisotopic (exact) mass is 413 g/mol. The zero-order valence-corrected chi connectivity index (χ0v) is 18.2. The van der Waals surface area contributed by atoms with Gasteiger partial charge in [0.1, 0.15) is 0 Å². The van der Waals surface area contributed by atoms with E-state index in [9.17, 15) is 9.59 Å². The van der Waals surface area contributed by atoms with Crippen LogP contribution >= 0.6 is 0 Å². The van der Waals surface area contributed by atoms with Crippen LogP contribution in [0.2, 0.25) is 0 Å². The van der Waals surface area contributed by atoms with Crippen LogP contribution in [-0.2, 0) is 4.79 Å². The number of rotatable bonds is 7. The van der Waals surface area contributed by atoms with Crippen molar-refractivity contribution in [1.29, 1.82) is 0 Å². The third kappa shape index (κ3) is 4.88. The molecular weight excluding hydrogens is 386 g/mol. The standard InChI is InChI=1S/C26H27N3O2/c1-17-4-6-19(7-5-17)21-13-22(15-23(14-21)29(3)26(31)20-8-9-20)25(30)12-18(2)24-16-27-10-11-28-24/h4-7,10-11,13-16,18,20H,8-9,12H2,1-3H3. The zero-order chi connectivity index (χ0) is 22.0. The Morgan fingerprint density at radius 3 is 2.45 bits per heavy atom. The third-order valence-corrected chi connectivity index (χ3v) is 5.85. The summed E-state index contributed by atoms with van der Waals surface area (Å²) in [4.78, 5) is 36.0. The molecule has 1 unspecified atom stereocenters. The number of Topliss-reactive ketones (excluding diaryl/α,β-unsaturated/α-hetero) is 1. The molecular formula is C26H27N3O2. The van der Waals surface area contributed by atoms with E-state index < -0.39 is 0 Å². The van der Waals surface area contributed by atoms with E-state index in [2.05, 4.69) is 22.1 Å². The van der Waals surface area contributed by atoms with Gasteiger partial charge >= 0.3 is 0 Å². The summed E-state index contributed by atoms with van der Waals surface area (Å²) in [6.07, 6.45) is 7.20. The first kappa shape index (κ1) is 20.9. The molecule has 158 valence electrons. The summed E-state index contributed by atoms with van der Waals surface area (Å²) in [7, 11) is 1.80. The molecule has 0 saturated heterocycles. The van der Waals surface area contributed by atoms with Crippen molar-refractivity contribution in [3.8, 4) is 11.1 Å². The molecule has 0 aliphatic heterocycles. The summed E-state index contributed by atoms with van der Waals surface area (Å²) in [6.45, 7) is 4.03. The largest absolute Gasteiger partial charge is 0.315 e. The lowest BCUT2D eigenvalue weighted by Crippen LogP contribution is -2.27. The minimum absolute atomic E-state index is 0.0284. The fourth-order valence-corrected chi connectivity index (χ4v) is 3.68. The Labute approximate surface area is 183 Å². The molecule has 1 aliphatic carbocycles. The molecule has 5 nitrogen and oxygen atoms in total. The maximum Gasteiger partial charge on any atom is 0.229 e. The van der Waals surface area contributed by atoms with Crippen molar-refractivity contribution in [2.75, 3.05) is 11.9 Å². The smallest absolute Gasteiger partial charge is 0.229 e. The van der Waals surface area contributed by atoms with Crippen LogP contribution in [0.3, 0.4) is 0 Å². The maximum absolute atomic E-state index is 13.2. The molecule has 0 N–H and O–H groups in total. The first-order valence-electron chi connectivity index (χ1n) is 10.7. The minimum Gasteiger partial charge on any atom is -0.315 e. The highest BCUT2D eigenvalue weighted by molar-refractivity contribution is 6.01. The number of hydrogen-bond donors (Lipinski definition) is 0. The van der Waals surface area contributed by atoms with Gasteiger partial charge in [-0.2, -0.15) is 0 Å². The highest BCUT2D eigenvalue weighted by Crippen LogP contribution is 2.34. The van der Waals surface area contributed by atoms with Gasteiger partial charge in [0.25, 0.3) is 0 Å². The van der Waals surface area contributed by atoms with Crippen molar-refractivity contribution >= 4 is 17.4 Å². The molecule has 1 aliphatic rings. The van der Waals surface area contributed by atoms with Crippen molar-refractivity contribution in [1.82, 2.24) is 9.97 Å². The molecule has 1 heterocycles. The van der Waals surface area contributed by atoms with Gasteiger partial charge in [-0.05, 0) is 49.1 Å². The van der Waals surface area contributed by atoms with Gasteiger partial charge in [-0.15, -0.1) is 0 Å². The summed E-state index contributed by atoms with van der Waals surface area (Å²) in [5.74, 6) is 0.218. The lowest BCUT2D eigenvalue weighted by Gasteiger charge is -2.20. The Morgan fingerprint density at radius 2 is 1.81 bits per heavy atom. The first-order chi connectivity index (χ1) is 14.9. The second-order valence-electron chi connectivity index (χ2n) is 8.46. The number of ketones is 1. The quantitative estimate of drug-likeness (QED) is 0.499. The van der Waals surface area contributed by atoms with Gasteiger partial charge in [0.05, 0.1) is 5.69 Å². The number of anilines is 1. The summed E-state index contributed by atoms with van der Waals surface area (Å²) in [5.41, 5.74) is 5.30. The Morgan fingerprint density at radius 1 is 1.06 bits per heavy atom. The zero-order valence-electron chi connectivity index (χ0n) is 18.2. The second-order valence-corrected chi connectivity index (χ2v) is 8.46. The minimum atomic E-state index is -0.0430. The third-order valence-electron chi connectivity index (χ3n) is 5.85. The topological polar surface area (TPSA) is 63.2 Å². The fourth-order valence-electron chi connectivity index (χ4n) is 3.68. The van der Waals surface area contributed by atoms with Crippen molar-refractivity contribution in [3.63, 3.8) is 0 Å². The van der Waals surface area contributed by atoms with Crippen LogP contribution in [0.25, 0.3) is 11.1 Å². The van der Waals surface area contributed by atoms with Crippen LogP contribution in [0, 0.1) is 12.8 Å². The van der Waals surface area contributed by atoms with E-state index >= 15 is 0 Å². The summed E-state index contributed by atoms with van der Waals surface area (Å²) in [5, 5.41) is 0. The van der Waals surface area contributed by atoms with E-state index in [1.165, 1.54) is 5.56 Å². The molecule has 5 heteroatoms. The van der Waals surface area contributed by atoms with Crippen LogP contribution in [-0.4, -0.2) is 28.7 Å². The lowest BCUT2D eigenvalue weighted by molar-refractivity contribution is -0.119. The van der Waals surface area contributed by atoms with Gasteiger partial charge in [-0.1, -0.05) is 36.8 Å². The molecule has 1 saturated carbocycles. The number of aryl methyl sites for hydroxylation is 1. The Bertz CT molecular complexity index is 1090.